The van der Waals surface area contributed by atoms with E-state index in [-0.39, 0.29) is 24.3 Å². The Bertz CT molecular complexity index is 1270. The maximum absolute atomic E-state index is 14.1. The van der Waals surface area contributed by atoms with E-state index in [1.807, 2.05) is 37.3 Å². The van der Waals surface area contributed by atoms with Crippen molar-refractivity contribution >= 4 is 29.5 Å². The summed E-state index contributed by atoms with van der Waals surface area (Å²) in [6.07, 6.45) is -3.62. The third-order valence-corrected chi connectivity index (χ3v) is 7.56. The monoisotopic (exact) mass is 564 g/mol. The van der Waals surface area contributed by atoms with Gasteiger partial charge in [0.25, 0.3) is 0 Å². The topological polar surface area (TPSA) is 108 Å². The second-order valence-corrected chi connectivity index (χ2v) is 10.6. The Balaban J connectivity index is 1.80. The Morgan fingerprint density at radius 1 is 0.900 bits per heavy atom. The molecule has 0 aromatic heterocycles. The Kier molecular flexibility index (Phi) is 10.1. The van der Waals surface area contributed by atoms with Crippen LogP contribution < -0.4 is 0 Å². The molecule has 1 heterocycles. The van der Waals surface area contributed by atoms with Crippen LogP contribution in [0, 0.1) is 0 Å². The van der Waals surface area contributed by atoms with E-state index >= 15 is 0 Å². The average Bonchev–Trinajstić information content (AvgIpc) is 2.98. The smallest absolute Gasteiger partial charge is 0.338 e. The lowest BCUT2D eigenvalue weighted by Crippen LogP contribution is -2.70. The lowest BCUT2D eigenvalue weighted by atomic mass is 9.81. The standard InChI is InChI=1S/C31H32O8S/c1-3-40-30-31(35,27(33)23-15-9-5-10-16-23)28(39-29(34)24-17-11-6-12-18-24)26(25(38-30)20-36-21(2)32)37-19-22-13-7-4-8-14-22/h4-18,25-26,28,30,35H,3,19-20H2,1-2H3/t25-,26-,28+,30+,31-/m1/s1. The average molecular weight is 565 g/mol. The molecule has 3 aromatic carbocycles. The maximum atomic E-state index is 14.1. The van der Waals surface area contributed by atoms with Crippen molar-refractivity contribution in [2.75, 3.05) is 12.4 Å². The van der Waals surface area contributed by atoms with E-state index in [0.717, 1.165) is 5.56 Å². The van der Waals surface area contributed by atoms with Crippen LogP contribution in [-0.4, -0.2) is 64.5 Å². The van der Waals surface area contributed by atoms with Gasteiger partial charge in [0, 0.05) is 12.5 Å². The Morgan fingerprint density at radius 2 is 1.48 bits per heavy atom. The first-order valence-electron chi connectivity index (χ1n) is 13.0. The molecule has 0 amide bonds. The number of aliphatic hydroxyl groups is 1. The van der Waals surface area contributed by atoms with Gasteiger partial charge >= 0.3 is 11.9 Å². The summed E-state index contributed by atoms with van der Waals surface area (Å²) in [5.41, 5.74) is -2.22. The van der Waals surface area contributed by atoms with Crippen molar-refractivity contribution in [3.8, 4) is 0 Å². The molecule has 0 bridgehead atoms. The predicted octanol–water partition coefficient (Wildman–Crippen LogP) is 4.45. The van der Waals surface area contributed by atoms with Crippen molar-refractivity contribution in [3.63, 3.8) is 0 Å². The van der Waals surface area contributed by atoms with Crippen molar-refractivity contribution in [1.82, 2.24) is 0 Å². The summed E-state index contributed by atoms with van der Waals surface area (Å²) in [4.78, 5) is 39.2. The summed E-state index contributed by atoms with van der Waals surface area (Å²) >= 11 is 1.18. The van der Waals surface area contributed by atoms with E-state index in [0.29, 0.717) is 5.75 Å². The molecule has 1 aliphatic heterocycles. The zero-order chi connectivity index (χ0) is 28.5. The van der Waals surface area contributed by atoms with Gasteiger partial charge < -0.3 is 24.1 Å². The Labute approximate surface area is 237 Å². The number of hydrogen-bond donors (Lipinski definition) is 1. The molecular formula is C31H32O8S. The normalized spacial score (nSPS) is 24.2. The molecule has 0 saturated carbocycles. The molecule has 1 fully saturated rings. The van der Waals surface area contributed by atoms with Crippen LogP contribution in [0.25, 0.3) is 0 Å². The van der Waals surface area contributed by atoms with Crippen LogP contribution in [0.1, 0.15) is 40.1 Å². The fraction of sp³-hybridized carbons (Fsp3) is 0.323. The highest BCUT2D eigenvalue weighted by atomic mass is 32.2. The molecule has 210 valence electrons. The van der Waals surface area contributed by atoms with E-state index in [9.17, 15) is 19.5 Å². The molecule has 5 atom stereocenters. The van der Waals surface area contributed by atoms with Crippen molar-refractivity contribution in [2.24, 2.45) is 0 Å². The van der Waals surface area contributed by atoms with E-state index in [1.54, 1.807) is 60.7 Å². The molecule has 0 unspecified atom stereocenters. The van der Waals surface area contributed by atoms with Gasteiger partial charge in [0.15, 0.2) is 6.10 Å². The van der Waals surface area contributed by atoms with Crippen molar-refractivity contribution in [2.45, 2.75) is 49.8 Å². The predicted molar refractivity (Wildman–Crippen MR) is 150 cm³/mol. The summed E-state index contributed by atoms with van der Waals surface area (Å²) in [5, 5.41) is 12.3. The fourth-order valence-electron chi connectivity index (χ4n) is 4.50. The lowest BCUT2D eigenvalue weighted by molar-refractivity contribution is -0.248. The van der Waals surface area contributed by atoms with Gasteiger partial charge in [-0.15, -0.1) is 11.8 Å². The minimum atomic E-state index is -2.33. The van der Waals surface area contributed by atoms with Gasteiger partial charge in [-0.25, -0.2) is 4.79 Å². The number of Topliss-reactive ketones (excluding diaryl/α,β-unsaturated/α-hetero) is 1. The molecule has 1 N–H and O–H groups in total. The molecule has 0 spiro atoms. The van der Waals surface area contributed by atoms with Gasteiger partial charge in [-0.2, -0.15) is 0 Å². The molecule has 8 nitrogen and oxygen atoms in total. The van der Waals surface area contributed by atoms with Crippen molar-refractivity contribution in [1.29, 1.82) is 0 Å². The van der Waals surface area contributed by atoms with Gasteiger partial charge in [-0.3, -0.25) is 9.59 Å². The summed E-state index contributed by atoms with van der Waals surface area (Å²) in [7, 11) is 0. The van der Waals surface area contributed by atoms with Crippen LogP contribution in [0.5, 0.6) is 0 Å². The highest BCUT2D eigenvalue weighted by Crippen LogP contribution is 2.41. The second-order valence-electron chi connectivity index (χ2n) is 9.24. The van der Waals surface area contributed by atoms with Crippen LogP contribution in [0.3, 0.4) is 0 Å². The SMILES string of the molecule is CCS[C@@H]1O[C@H](COC(C)=O)[C@@H](OCc2ccccc2)[C@H](OC(=O)c2ccccc2)[C@]1(O)C(=O)c1ccccc1. The Hall–Kier alpha value is -3.50. The van der Waals surface area contributed by atoms with E-state index < -0.39 is 47.1 Å². The molecule has 0 radical (unpaired) electrons. The summed E-state index contributed by atoms with van der Waals surface area (Å²) in [6.45, 7) is 2.95. The number of esters is 2. The molecule has 40 heavy (non-hydrogen) atoms. The maximum Gasteiger partial charge on any atom is 0.338 e. The van der Waals surface area contributed by atoms with Gasteiger partial charge in [-0.05, 0) is 23.4 Å². The van der Waals surface area contributed by atoms with Crippen molar-refractivity contribution < 1.29 is 38.4 Å². The quantitative estimate of drug-likeness (QED) is 0.267. The fourth-order valence-corrected chi connectivity index (χ4v) is 5.52. The number of ketones is 1. The molecule has 1 aliphatic rings. The number of rotatable bonds is 11. The van der Waals surface area contributed by atoms with E-state index in [1.165, 1.54) is 18.7 Å². The molecular weight excluding hydrogens is 532 g/mol. The van der Waals surface area contributed by atoms with Gasteiger partial charge in [0.05, 0.1) is 12.2 Å². The zero-order valence-corrected chi connectivity index (χ0v) is 23.1. The van der Waals surface area contributed by atoms with Gasteiger partial charge in [-0.1, -0.05) is 85.8 Å². The lowest BCUT2D eigenvalue weighted by Gasteiger charge is -2.49. The number of benzene rings is 3. The van der Waals surface area contributed by atoms with Crippen LogP contribution in [0.2, 0.25) is 0 Å². The van der Waals surface area contributed by atoms with Crippen LogP contribution >= 0.6 is 11.8 Å². The molecule has 9 heteroatoms. The molecule has 0 aliphatic carbocycles. The molecule has 1 saturated heterocycles. The zero-order valence-electron chi connectivity index (χ0n) is 22.3. The van der Waals surface area contributed by atoms with E-state index in [2.05, 4.69) is 0 Å². The highest BCUT2D eigenvalue weighted by molar-refractivity contribution is 7.99. The van der Waals surface area contributed by atoms with Crippen LogP contribution in [0.15, 0.2) is 91.0 Å². The summed E-state index contributed by atoms with van der Waals surface area (Å²) < 4.78 is 23.8. The van der Waals surface area contributed by atoms with E-state index in [4.69, 9.17) is 18.9 Å². The Morgan fingerprint density at radius 3 is 2.05 bits per heavy atom. The van der Waals surface area contributed by atoms with Crippen molar-refractivity contribution in [3.05, 3.63) is 108 Å². The first kappa shape index (κ1) is 29.5. The summed E-state index contributed by atoms with van der Waals surface area (Å²) in [6, 6.07) is 25.8. The number of carbonyl (C=O) groups excluding carboxylic acids is 3. The molecule has 3 aromatic rings. The third kappa shape index (κ3) is 6.79. The largest absolute Gasteiger partial charge is 0.463 e. The minimum absolute atomic E-state index is 0.0615. The van der Waals surface area contributed by atoms with Crippen LogP contribution in [0.4, 0.5) is 0 Å². The molecule has 4 rings (SSSR count). The highest BCUT2D eigenvalue weighted by Gasteiger charge is 2.62. The number of thioether (sulfide) groups is 1. The van der Waals surface area contributed by atoms with Crippen LogP contribution in [-0.2, 0) is 30.3 Å². The number of carbonyl (C=O) groups is 3. The number of ether oxygens (including phenoxy) is 4. The number of hydrogen-bond acceptors (Lipinski definition) is 9. The van der Waals surface area contributed by atoms with Gasteiger partial charge in [0.1, 0.15) is 24.3 Å². The second kappa shape index (κ2) is 13.7. The van der Waals surface area contributed by atoms with Gasteiger partial charge in [0.2, 0.25) is 11.4 Å². The third-order valence-electron chi connectivity index (χ3n) is 6.45. The minimum Gasteiger partial charge on any atom is -0.463 e. The summed E-state index contributed by atoms with van der Waals surface area (Å²) in [5.74, 6) is -1.48. The first-order chi connectivity index (χ1) is 19.3. The first-order valence-corrected chi connectivity index (χ1v) is 14.0.